The molecule has 2 aromatic rings. The van der Waals surface area contributed by atoms with Gasteiger partial charge < -0.3 is 4.74 Å². The van der Waals surface area contributed by atoms with Crippen molar-refractivity contribution in [3.63, 3.8) is 0 Å². The molecule has 0 unspecified atom stereocenters. The minimum atomic E-state index is -0.0418. The van der Waals surface area contributed by atoms with E-state index >= 15 is 0 Å². The van der Waals surface area contributed by atoms with Crippen molar-refractivity contribution >= 4 is 21.7 Å². The summed E-state index contributed by atoms with van der Waals surface area (Å²) in [5.41, 5.74) is 1.33. The Balaban J connectivity index is 2.22. The van der Waals surface area contributed by atoms with Gasteiger partial charge in [-0.05, 0) is 39.7 Å². The summed E-state index contributed by atoms with van der Waals surface area (Å²) in [4.78, 5) is 20.2. The van der Waals surface area contributed by atoms with Crippen LogP contribution in [0.1, 0.15) is 15.9 Å². The van der Waals surface area contributed by atoms with E-state index < -0.39 is 0 Å². The first kappa shape index (κ1) is 12.7. The molecule has 0 N–H and O–H groups in total. The highest BCUT2D eigenvalue weighted by atomic mass is 79.9. The van der Waals surface area contributed by atoms with Gasteiger partial charge in [0.2, 0.25) is 5.88 Å². The maximum atomic E-state index is 12.1. The Morgan fingerprint density at radius 1 is 1.44 bits per heavy atom. The van der Waals surface area contributed by atoms with Crippen LogP contribution in [0, 0.1) is 0 Å². The minimum Gasteiger partial charge on any atom is -0.480 e. The Morgan fingerprint density at radius 3 is 3.00 bits per heavy atom. The van der Waals surface area contributed by atoms with E-state index in [0.29, 0.717) is 11.4 Å². The van der Waals surface area contributed by atoms with Crippen molar-refractivity contribution in [3.05, 3.63) is 52.4 Å². The van der Waals surface area contributed by atoms with E-state index in [1.165, 1.54) is 7.11 Å². The van der Waals surface area contributed by atoms with Crippen molar-refractivity contribution in [1.29, 1.82) is 0 Å². The Morgan fingerprint density at radius 2 is 2.28 bits per heavy atom. The molecule has 0 aromatic carbocycles. The molecule has 0 saturated carbocycles. The van der Waals surface area contributed by atoms with Crippen molar-refractivity contribution in [3.8, 4) is 5.88 Å². The Hall–Kier alpha value is -1.75. The third-order valence-corrected chi connectivity index (χ3v) is 2.82. The summed E-state index contributed by atoms with van der Waals surface area (Å²) in [6, 6.07) is 5.29. The lowest BCUT2D eigenvalue weighted by atomic mass is 10.1. The molecule has 2 rings (SSSR count). The third-order valence-electron chi connectivity index (χ3n) is 2.39. The molecule has 0 atom stereocenters. The number of nitrogens with zero attached hydrogens (tertiary/aromatic N) is 2. The number of hydrogen-bond donors (Lipinski definition) is 0. The van der Waals surface area contributed by atoms with Gasteiger partial charge in [-0.25, -0.2) is 4.98 Å². The first-order chi connectivity index (χ1) is 8.70. The van der Waals surface area contributed by atoms with Gasteiger partial charge in [-0.15, -0.1) is 0 Å². The van der Waals surface area contributed by atoms with Crippen LogP contribution in [0.5, 0.6) is 5.88 Å². The van der Waals surface area contributed by atoms with Crippen molar-refractivity contribution in [1.82, 2.24) is 9.97 Å². The van der Waals surface area contributed by atoms with Gasteiger partial charge in [0.25, 0.3) is 0 Å². The molecule has 0 radical (unpaired) electrons. The quantitative estimate of drug-likeness (QED) is 0.815. The highest BCUT2D eigenvalue weighted by Gasteiger charge is 2.13. The largest absolute Gasteiger partial charge is 0.480 e. The van der Waals surface area contributed by atoms with Gasteiger partial charge in [-0.1, -0.05) is 0 Å². The number of rotatable bonds is 4. The lowest BCUT2D eigenvalue weighted by Crippen LogP contribution is -2.07. The number of ketones is 1. The number of methoxy groups -OCH3 is 1. The van der Waals surface area contributed by atoms with Crippen LogP contribution in [-0.2, 0) is 6.42 Å². The van der Waals surface area contributed by atoms with E-state index in [9.17, 15) is 4.79 Å². The molecule has 0 aliphatic heterocycles. The third kappa shape index (κ3) is 2.92. The topological polar surface area (TPSA) is 52.1 Å². The molecule has 92 valence electrons. The molecule has 0 amide bonds. The summed E-state index contributed by atoms with van der Waals surface area (Å²) in [6.45, 7) is 0. The number of carbonyl (C=O) groups is 1. The predicted octanol–water partition coefficient (Wildman–Crippen LogP) is 2.67. The summed E-state index contributed by atoms with van der Waals surface area (Å²) in [5.74, 6) is 0.310. The average molecular weight is 307 g/mol. The second-order valence-corrected chi connectivity index (χ2v) is 4.59. The number of hydrogen-bond acceptors (Lipinski definition) is 4. The standard InChI is InChI=1S/C13H11BrN2O2/c1-18-13-11(3-2-4-16-13)12(17)6-9-5-10(14)8-15-7-9/h2-5,7-8H,6H2,1H3. The summed E-state index contributed by atoms with van der Waals surface area (Å²) in [7, 11) is 1.50. The molecule has 5 heteroatoms. The van der Waals surface area contributed by atoms with E-state index in [2.05, 4.69) is 25.9 Å². The number of aromatic nitrogens is 2. The van der Waals surface area contributed by atoms with Crippen LogP contribution in [0.15, 0.2) is 41.3 Å². The fourth-order valence-corrected chi connectivity index (χ4v) is 2.01. The van der Waals surface area contributed by atoms with Crippen molar-refractivity contribution in [2.45, 2.75) is 6.42 Å². The van der Waals surface area contributed by atoms with Crippen molar-refractivity contribution in [2.24, 2.45) is 0 Å². The van der Waals surface area contributed by atoms with E-state index in [0.717, 1.165) is 10.0 Å². The molecule has 0 saturated heterocycles. The summed E-state index contributed by atoms with van der Waals surface area (Å²) >= 11 is 3.33. The fraction of sp³-hybridized carbons (Fsp3) is 0.154. The fourth-order valence-electron chi connectivity index (χ4n) is 1.60. The number of carbonyl (C=O) groups excluding carboxylic acids is 1. The zero-order chi connectivity index (χ0) is 13.0. The number of pyridine rings is 2. The van der Waals surface area contributed by atoms with Crippen LogP contribution in [0.3, 0.4) is 0 Å². The summed E-state index contributed by atoms with van der Waals surface area (Å²) < 4.78 is 5.92. The summed E-state index contributed by atoms with van der Waals surface area (Å²) in [5, 5.41) is 0. The molecule has 0 spiro atoms. The average Bonchev–Trinajstić information content (AvgIpc) is 2.38. The van der Waals surface area contributed by atoms with Gasteiger partial charge >= 0.3 is 0 Å². The van der Waals surface area contributed by atoms with Crippen molar-refractivity contribution in [2.75, 3.05) is 7.11 Å². The van der Waals surface area contributed by atoms with E-state index in [-0.39, 0.29) is 12.2 Å². The highest BCUT2D eigenvalue weighted by molar-refractivity contribution is 9.10. The van der Waals surface area contributed by atoms with Gasteiger partial charge in [-0.3, -0.25) is 9.78 Å². The van der Waals surface area contributed by atoms with Crippen LogP contribution in [0.2, 0.25) is 0 Å². The van der Waals surface area contributed by atoms with Gasteiger partial charge in [0.15, 0.2) is 5.78 Å². The molecular weight excluding hydrogens is 296 g/mol. The van der Waals surface area contributed by atoms with Gasteiger partial charge in [0.1, 0.15) is 0 Å². The lowest BCUT2D eigenvalue weighted by molar-refractivity contribution is 0.0989. The van der Waals surface area contributed by atoms with E-state index in [1.54, 1.807) is 30.7 Å². The molecule has 18 heavy (non-hydrogen) atoms. The lowest BCUT2D eigenvalue weighted by Gasteiger charge is -2.06. The monoisotopic (exact) mass is 306 g/mol. The normalized spacial score (nSPS) is 10.1. The van der Waals surface area contributed by atoms with Gasteiger partial charge in [0.05, 0.1) is 12.7 Å². The molecule has 2 heterocycles. The Bertz CT molecular complexity index is 572. The molecule has 0 bridgehead atoms. The number of ether oxygens (including phenoxy) is 1. The maximum absolute atomic E-state index is 12.1. The van der Waals surface area contributed by atoms with Gasteiger partial charge in [-0.2, -0.15) is 0 Å². The SMILES string of the molecule is COc1ncccc1C(=O)Cc1cncc(Br)c1. The first-order valence-electron chi connectivity index (χ1n) is 5.32. The van der Waals surface area contributed by atoms with E-state index in [4.69, 9.17) is 4.74 Å². The summed E-state index contributed by atoms with van der Waals surface area (Å²) in [6.07, 6.45) is 5.22. The number of Topliss-reactive ketones (excluding diaryl/α,β-unsaturated/α-hetero) is 1. The minimum absolute atomic E-state index is 0.0418. The van der Waals surface area contributed by atoms with Crippen LogP contribution < -0.4 is 4.74 Å². The smallest absolute Gasteiger partial charge is 0.224 e. The van der Waals surface area contributed by atoms with E-state index in [1.807, 2.05) is 6.07 Å². The predicted molar refractivity (Wildman–Crippen MR) is 70.8 cm³/mol. The highest BCUT2D eigenvalue weighted by Crippen LogP contribution is 2.17. The second-order valence-electron chi connectivity index (χ2n) is 3.67. The second kappa shape index (κ2) is 5.73. The molecule has 4 nitrogen and oxygen atoms in total. The first-order valence-corrected chi connectivity index (χ1v) is 6.11. The molecule has 0 aliphatic rings. The van der Waals surface area contributed by atoms with Crippen LogP contribution >= 0.6 is 15.9 Å². The maximum Gasteiger partial charge on any atom is 0.224 e. The van der Waals surface area contributed by atoms with Crippen LogP contribution in [-0.4, -0.2) is 22.9 Å². The van der Waals surface area contributed by atoms with Crippen LogP contribution in [0.4, 0.5) is 0 Å². The molecule has 0 aliphatic carbocycles. The zero-order valence-corrected chi connectivity index (χ0v) is 11.3. The van der Waals surface area contributed by atoms with Crippen molar-refractivity contribution < 1.29 is 9.53 Å². The molecule has 2 aromatic heterocycles. The molecular formula is C13H11BrN2O2. The number of halogens is 1. The Kier molecular flexibility index (Phi) is 4.04. The Labute approximate surface area is 113 Å². The molecule has 0 fully saturated rings. The zero-order valence-electron chi connectivity index (χ0n) is 9.76. The van der Waals surface area contributed by atoms with Crippen LogP contribution in [0.25, 0.3) is 0 Å². The van der Waals surface area contributed by atoms with Gasteiger partial charge in [0, 0.05) is 29.5 Å².